The number of nitrogens with one attached hydrogen (secondary N) is 1. The Bertz CT molecular complexity index is 832. The highest BCUT2D eigenvalue weighted by Crippen LogP contribution is 2.39. The summed E-state index contributed by atoms with van der Waals surface area (Å²) >= 11 is 0. The summed E-state index contributed by atoms with van der Waals surface area (Å²) < 4.78 is 11.3. The van der Waals surface area contributed by atoms with Gasteiger partial charge in [-0.15, -0.1) is 0 Å². The van der Waals surface area contributed by atoms with Gasteiger partial charge in [-0.2, -0.15) is 0 Å². The van der Waals surface area contributed by atoms with Crippen molar-refractivity contribution in [2.45, 2.75) is 72.4 Å². The summed E-state index contributed by atoms with van der Waals surface area (Å²) in [6, 6.07) is 12.9. The van der Waals surface area contributed by atoms with Crippen LogP contribution >= 0.6 is 0 Å². The number of ether oxygens (including phenoxy) is 2. The van der Waals surface area contributed by atoms with Gasteiger partial charge in [0.05, 0.1) is 19.1 Å². The van der Waals surface area contributed by atoms with Crippen LogP contribution < -0.4 is 10.1 Å². The third kappa shape index (κ3) is 6.46. The van der Waals surface area contributed by atoms with E-state index in [1.54, 1.807) is 0 Å². The molecule has 1 N–H and O–H groups in total. The molecule has 0 atom stereocenters. The lowest BCUT2D eigenvalue weighted by atomic mass is 9.72. The first-order valence-corrected chi connectivity index (χ1v) is 11.4. The summed E-state index contributed by atoms with van der Waals surface area (Å²) in [4.78, 5) is 11.4. The number of benzene rings is 2. The molecule has 1 aliphatic carbocycles. The fraction of sp³-hybridized carbons (Fsp3) is 0.577. The van der Waals surface area contributed by atoms with Crippen molar-refractivity contribution in [2.75, 3.05) is 13.2 Å². The van der Waals surface area contributed by atoms with E-state index in [-0.39, 0.29) is 5.97 Å². The van der Waals surface area contributed by atoms with Crippen molar-refractivity contribution in [3.63, 3.8) is 0 Å². The Labute approximate surface area is 181 Å². The second kappa shape index (κ2) is 10.3. The molecule has 4 nitrogen and oxygen atoms in total. The van der Waals surface area contributed by atoms with Crippen molar-refractivity contribution in [1.82, 2.24) is 5.32 Å². The molecule has 3 rings (SSSR count). The summed E-state index contributed by atoms with van der Waals surface area (Å²) in [6.45, 7) is 10.7. The maximum Gasteiger partial charge on any atom is 0.307 e. The Kier molecular flexibility index (Phi) is 7.76. The van der Waals surface area contributed by atoms with E-state index in [1.807, 2.05) is 6.92 Å². The van der Waals surface area contributed by atoms with E-state index in [9.17, 15) is 4.79 Å². The van der Waals surface area contributed by atoms with Crippen molar-refractivity contribution >= 4 is 16.7 Å². The highest BCUT2D eigenvalue weighted by atomic mass is 16.5. The topological polar surface area (TPSA) is 47.6 Å². The first kappa shape index (κ1) is 22.6. The number of hydrogen-bond acceptors (Lipinski definition) is 4. The van der Waals surface area contributed by atoms with Gasteiger partial charge in [0, 0.05) is 13.1 Å². The largest absolute Gasteiger partial charge is 0.490 e. The van der Waals surface area contributed by atoms with Crippen LogP contribution in [0.1, 0.15) is 65.4 Å². The van der Waals surface area contributed by atoms with E-state index in [4.69, 9.17) is 9.47 Å². The minimum Gasteiger partial charge on any atom is -0.490 e. The predicted molar refractivity (Wildman–Crippen MR) is 123 cm³/mol. The Morgan fingerprint density at radius 2 is 1.73 bits per heavy atom. The smallest absolute Gasteiger partial charge is 0.307 e. The average Bonchev–Trinajstić information content (AvgIpc) is 2.71. The zero-order valence-electron chi connectivity index (χ0n) is 19.0. The average molecular weight is 412 g/mol. The lowest BCUT2D eigenvalue weighted by Crippen LogP contribution is -2.30. The minimum absolute atomic E-state index is 0.150. The molecule has 1 fully saturated rings. The maximum atomic E-state index is 11.4. The first-order valence-electron chi connectivity index (χ1n) is 11.4. The number of hydrogen-bond donors (Lipinski definition) is 1. The van der Waals surface area contributed by atoms with Gasteiger partial charge >= 0.3 is 5.97 Å². The summed E-state index contributed by atoms with van der Waals surface area (Å²) in [7, 11) is 0. The second-order valence-corrected chi connectivity index (χ2v) is 9.53. The molecule has 0 heterocycles. The number of esters is 1. The van der Waals surface area contributed by atoms with Gasteiger partial charge in [0.25, 0.3) is 0 Å². The molecule has 4 heteroatoms. The fourth-order valence-electron chi connectivity index (χ4n) is 4.35. The molecule has 0 unspecified atom stereocenters. The summed E-state index contributed by atoms with van der Waals surface area (Å²) in [5, 5.41) is 5.72. The Morgan fingerprint density at radius 1 is 1.03 bits per heavy atom. The molecule has 1 saturated carbocycles. The molecule has 0 radical (unpaired) electrons. The van der Waals surface area contributed by atoms with E-state index in [0.29, 0.717) is 31.1 Å². The quantitative estimate of drug-likeness (QED) is 0.436. The standard InChI is InChI=1S/C26H37NO3/c1-5-29-25(28)14-15-27-18-19-6-7-21-17-24(11-8-20(21)16-19)30-23-12-9-22(10-13-23)26(2,3)4/h6-8,11,16-17,22-23,27H,5,9-10,12-15,18H2,1-4H3/t22-,23-. The SMILES string of the molecule is CCOC(=O)CCNCc1ccc2cc(O[C@H]3CC[C@H](C(C)(C)C)CC3)ccc2c1. The highest BCUT2D eigenvalue weighted by Gasteiger charge is 2.30. The summed E-state index contributed by atoms with van der Waals surface area (Å²) in [6.07, 6.45) is 5.55. The predicted octanol–water partition coefficient (Wildman–Crippen LogP) is 5.87. The van der Waals surface area contributed by atoms with Gasteiger partial charge in [0.15, 0.2) is 0 Å². The third-order valence-corrected chi connectivity index (χ3v) is 6.22. The van der Waals surface area contributed by atoms with Crippen molar-refractivity contribution in [3.05, 3.63) is 42.0 Å². The normalized spacial score (nSPS) is 19.6. The maximum absolute atomic E-state index is 11.4. The first-order chi connectivity index (χ1) is 14.3. The molecule has 0 aromatic heterocycles. The Morgan fingerprint density at radius 3 is 2.43 bits per heavy atom. The van der Waals surface area contributed by atoms with Crippen molar-refractivity contribution in [3.8, 4) is 5.75 Å². The summed E-state index contributed by atoms with van der Waals surface area (Å²) in [5.74, 6) is 1.63. The molecule has 0 aliphatic heterocycles. The van der Waals surface area contributed by atoms with E-state index in [0.717, 1.165) is 31.1 Å². The van der Waals surface area contributed by atoms with Gasteiger partial charge in [0.1, 0.15) is 5.75 Å². The van der Waals surface area contributed by atoms with Crippen LogP contribution in [0.25, 0.3) is 10.8 Å². The second-order valence-electron chi connectivity index (χ2n) is 9.53. The lowest BCUT2D eigenvalue weighted by Gasteiger charge is -2.37. The van der Waals surface area contributed by atoms with E-state index >= 15 is 0 Å². The number of fused-ring (bicyclic) bond motifs is 1. The van der Waals surface area contributed by atoms with Crippen molar-refractivity contribution < 1.29 is 14.3 Å². The summed E-state index contributed by atoms with van der Waals surface area (Å²) in [5.41, 5.74) is 1.61. The van der Waals surface area contributed by atoms with Gasteiger partial charge in [0.2, 0.25) is 0 Å². The minimum atomic E-state index is -0.150. The molecule has 1 aliphatic rings. The Balaban J connectivity index is 1.51. The van der Waals surface area contributed by atoms with Crippen LogP contribution in [0.4, 0.5) is 0 Å². The molecule has 164 valence electrons. The highest BCUT2D eigenvalue weighted by molar-refractivity contribution is 5.84. The molecule has 0 saturated heterocycles. The van der Waals surface area contributed by atoms with Crippen LogP contribution in [0, 0.1) is 11.3 Å². The molecule has 0 spiro atoms. The van der Waals surface area contributed by atoms with Crippen molar-refractivity contribution in [2.24, 2.45) is 11.3 Å². The zero-order chi connectivity index (χ0) is 21.6. The van der Waals surface area contributed by atoms with Gasteiger partial charge in [-0.3, -0.25) is 4.79 Å². The van der Waals surface area contributed by atoms with Gasteiger partial charge in [-0.1, -0.05) is 39.0 Å². The van der Waals surface area contributed by atoms with Crippen LogP contribution in [0.15, 0.2) is 36.4 Å². The number of carbonyl (C=O) groups is 1. The van der Waals surface area contributed by atoms with Crippen LogP contribution in [-0.2, 0) is 16.1 Å². The monoisotopic (exact) mass is 411 g/mol. The van der Waals surface area contributed by atoms with E-state index in [1.165, 1.54) is 29.2 Å². The lowest BCUT2D eigenvalue weighted by molar-refractivity contribution is -0.142. The molecular weight excluding hydrogens is 374 g/mol. The third-order valence-electron chi connectivity index (χ3n) is 6.22. The van der Waals surface area contributed by atoms with Crippen molar-refractivity contribution in [1.29, 1.82) is 0 Å². The van der Waals surface area contributed by atoms with Crippen LogP contribution in [0.3, 0.4) is 0 Å². The van der Waals surface area contributed by atoms with Gasteiger partial charge in [-0.25, -0.2) is 0 Å². The number of rotatable bonds is 8. The van der Waals surface area contributed by atoms with Gasteiger partial charge < -0.3 is 14.8 Å². The van der Waals surface area contributed by atoms with Gasteiger partial charge in [-0.05, 0) is 78.5 Å². The molecule has 0 amide bonds. The number of carbonyl (C=O) groups excluding carboxylic acids is 1. The molecule has 2 aromatic rings. The zero-order valence-corrected chi connectivity index (χ0v) is 19.0. The van der Waals surface area contributed by atoms with E-state index in [2.05, 4.69) is 62.5 Å². The fourth-order valence-corrected chi connectivity index (χ4v) is 4.35. The molecule has 2 aromatic carbocycles. The molecular formula is C26H37NO3. The van der Waals surface area contributed by atoms with Crippen LogP contribution in [0.2, 0.25) is 0 Å². The van der Waals surface area contributed by atoms with Crippen LogP contribution in [0.5, 0.6) is 5.75 Å². The molecule has 30 heavy (non-hydrogen) atoms. The Hall–Kier alpha value is -2.07. The van der Waals surface area contributed by atoms with E-state index < -0.39 is 0 Å². The van der Waals surface area contributed by atoms with Crippen LogP contribution in [-0.4, -0.2) is 25.2 Å². The molecule has 0 bridgehead atoms.